The molecular weight excluding hydrogens is 412 g/mol. The molecule has 0 bridgehead atoms. The number of benzene rings is 2. The molecular formula is C24H32N2O4S. The Morgan fingerprint density at radius 1 is 1.06 bits per heavy atom. The summed E-state index contributed by atoms with van der Waals surface area (Å²) >= 11 is 0. The molecule has 31 heavy (non-hydrogen) atoms. The summed E-state index contributed by atoms with van der Waals surface area (Å²) in [4.78, 5) is 13.3. The van der Waals surface area contributed by atoms with Crippen molar-refractivity contribution < 1.29 is 17.9 Å². The van der Waals surface area contributed by atoms with E-state index in [2.05, 4.69) is 10.0 Å². The lowest BCUT2D eigenvalue weighted by atomic mass is 10.0. The van der Waals surface area contributed by atoms with Crippen LogP contribution in [0.5, 0.6) is 5.75 Å². The number of carbonyl (C=O) groups excluding carboxylic acids is 1. The molecule has 0 saturated heterocycles. The quantitative estimate of drug-likeness (QED) is 0.608. The van der Waals surface area contributed by atoms with Crippen LogP contribution in [0.4, 0.5) is 0 Å². The second-order valence-corrected chi connectivity index (χ2v) is 9.91. The first-order chi connectivity index (χ1) is 14.9. The number of aryl methyl sites for hydroxylation is 1. The Morgan fingerprint density at radius 3 is 2.35 bits per heavy atom. The molecule has 1 aliphatic carbocycles. The third-order valence-electron chi connectivity index (χ3n) is 5.77. The Labute approximate surface area is 185 Å². The van der Waals surface area contributed by atoms with Crippen molar-refractivity contribution >= 4 is 15.9 Å². The number of rotatable bonds is 8. The molecule has 2 aromatic rings. The van der Waals surface area contributed by atoms with Gasteiger partial charge >= 0.3 is 0 Å². The minimum absolute atomic E-state index is 0.0982. The molecule has 7 heteroatoms. The molecule has 0 aromatic heterocycles. The predicted octanol–water partition coefficient (Wildman–Crippen LogP) is 3.73. The second-order valence-electron chi connectivity index (χ2n) is 8.19. The first-order valence-electron chi connectivity index (χ1n) is 10.9. The number of carbonyl (C=O) groups is 1. The Balaban J connectivity index is 1.81. The summed E-state index contributed by atoms with van der Waals surface area (Å²) in [6.45, 7) is 1.79. The maximum absolute atomic E-state index is 13.1. The van der Waals surface area contributed by atoms with E-state index in [-0.39, 0.29) is 23.3 Å². The van der Waals surface area contributed by atoms with Crippen LogP contribution in [0.3, 0.4) is 0 Å². The van der Waals surface area contributed by atoms with Crippen molar-refractivity contribution in [3.63, 3.8) is 0 Å². The highest BCUT2D eigenvalue weighted by atomic mass is 32.2. The number of hydrogen-bond acceptors (Lipinski definition) is 4. The summed E-state index contributed by atoms with van der Waals surface area (Å²) in [6, 6.07) is 13.4. The third kappa shape index (κ3) is 6.55. The SMILES string of the molecule is COc1ccc(S(=O)(=O)N[C@@H](Cc2ccccc2)C(=O)NC2CCCCCC2)cc1C. The molecule has 1 fully saturated rings. The molecule has 0 radical (unpaired) electrons. The van der Waals surface area contributed by atoms with Crippen LogP contribution in [0, 0.1) is 6.92 Å². The van der Waals surface area contributed by atoms with Crippen LogP contribution in [0.15, 0.2) is 53.4 Å². The lowest BCUT2D eigenvalue weighted by molar-refractivity contribution is -0.123. The average Bonchev–Trinajstić information content (AvgIpc) is 3.02. The van der Waals surface area contributed by atoms with Crippen molar-refractivity contribution in [1.29, 1.82) is 0 Å². The summed E-state index contributed by atoms with van der Waals surface area (Å²) in [5.74, 6) is 0.343. The van der Waals surface area contributed by atoms with Gasteiger partial charge in [-0.3, -0.25) is 4.79 Å². The van der Waals surface area contributed by atoms with E-state index in [1.165, 1.54) is 18.9 Å². The van der Waals surface area contributed by atoms with E-state index in [1.807, 2.05) is 30.3 Å². The largest absolute Gasteiger partial charge is 0.496 e. The van der Waals surface area contributed by atoms with Gasteiger partial charge in [-0.15, -0.1) is 0 Å². The van der Waals surface area contributed by atoms with Gasteiger partial charge in [0.15, 0.2) is 0 Å². The Hall–Kier alpha value is -2.38. The lowest BCUT2D eigenvalue weighted by Gasteiger charge is -2.23. The van der Waals surface area contributed by atoms with Crippen LogP contribution in [0.25, 0.3) is 0 Å². The second kappa shape index (κ2) is 10.8. The van der Waals surface area contributed by atoms with Gasteiger partial charge in [-0.05, 0) is 55.5 Å². The third-order valence-corrected chi connectivity index (χ3v) is 7.24. The number of hydrogen-bond donors (Lipinski definition) is 2. The Kier molecular flexibility index (Phi) is 8.09. The lowest BCUT2D eigenvalue weighted by Crippen LogP contribution is -2.50. The predicted molar refractivity (Wildman–Crippen MR) is 122 cm³/mol. The minimum Gasteiger partial charge on any atom is -0.496 e. The number of ether oxygens (including phenoxy) is 1. The molecule has 1 amide bonds. The summed E-state index contributed by atoms with van der Waals surface area (Å²) in [6.07, 6.45) is 6.71. The van der Waals surface area contributed by atoms with Gasteiger partial charge in [-0.2, -0.15) is 4.72 Å². The van der Waals surface area contributed by atoms with E-state index in [0.29, 0.717) is 11.3 Å². The number of amides is 1. The van der Waals surface area contributed by atoms with Crippen molar-refractivity contribution in [2.45, 2.75) is 68.8 Å². The number of methoxy groups -OCH3 is 1. The first kappa shape index (κ1) is 23.3. The molecule has 1 saturated carbocycles. The van der Waals surface area contributed by atoms with Crippen LogP contribution >= 0.6 is 0 Å². The van der Waals surface area contributed by atoms with Crippen molar-refractivity contribution in [3.8, 4) is 5.75 Å². The van der Waals surface area contributed by atoms with Gasteiger partial charge < -0.3 is 10.1 Å². The molecule has 6 nitrogen and oxygen atoms in total. The van der Waals surface area contributed by atoms with E-state index in [4.69, 9.17) is 4.74 Å². The molecule has 0 aliphatic heterocycles. The molecule has 0 heterocycles. The summed E-state index contributed by atoms with van der Waals surface area (Å²) < 4.78 is 34.1. The highest BCUT2D eigenvalue weighted by Crippen LogP contribution is 2.22. The normalized spacial score (nSPS) is 16.3. The van der Waals surface area contributed by atoms with Crippen LogP contribution in [-0.2, 0) is 21.2 Å². The van der Waals surface area contributed by atoms with Gasteiger partial charge in [-0.25, -0.2) is 8.42 Å². The van der Waals surface area contributed by atoms with Crippen molar-refractivity contribution in [2.75, 3.05) is 7.11 Å². The highest BCUT2D eigenvalue weighted by Gasteiger charge is 2.28. The zero-order valence-corrected chi connectivity index (χ0v) is 19.1. The van der Waals surface area contributed by atoms with Crippen LogP contribution < -0.4 is 14.8 Å². The summed E-state index contributed by atoms with van der Waals surface area (Å²) in [5, 5.41) is 3.10. The van der Waals surface area contributed by atoms with Crippen molar-refractivity contribution in [3.05, 3.63) is 59.7 Å². The Bertz CT molecular complexity index is 968. The molecule has 1 aliphatic rings. The molecule has 0 spiro atoms. The van der Waals surface area contributed by atoms with Gasteiger partial charge in [0.25, 0.3) is 0 Å². The smallest absolute Gasteiger partial charge is 0.241 e. The fourth-order valence-electron chi connectivity index (χ4n) is 4.04. The molecule has 168 valence electrons. The van der Waals surface area contributed by atoms with Crippen molar-refractivity contribution in [1.82, 2.24) is 10.0 Å². The van der Waals surface area contributed by atoms with E-state index in [1.54, 1.807) is 26.2 Å². The zero-order valence-electron chi connectivity index (χ0n) is 18.3. The minimum atomic E-state index is -3.89. The molecule has 2 N–H and O–H groups in total. The number of nitrogens with one attached hydrogen (secondary N) is 2. The fraction of sp³-hybridized carbons (Fsp3) is 0.458. The highest BCUT2D eigenvalue weighted by molar-refractivity contribution is 7.89. The van der Waals surface area contributed by atoms with E-state index < -0.39 is 16.1 Å². The average molecular weight is 445 g/mol. The van der Waals surface area contributed by atoms with Gasteiger partial charge in [0.1, 0.15) is 11.8 Å². The molecule has 3 rings (SSSR count). The maximum atomic E-state index is 13.1. The van der Waals surface area contributed by atoms with Gasteiger partial charge in [-0.1, -0.05) is 56.0 Å². The first-order valence-corrected chi connectivity index (χ1v) is 12.4. The van der Waals surface area contributed by atoms with Crippen molar-refractivity contribution in [2.24, 2.45) is 0 Å². The Morgan fingerprint density at radius 2 is 1.74 bits per heavy atom. The standard InChI is InChI=1S/C24H32N2O4S/c1-18-16-21(14-15-23(18)30-2)31(28,29)26-22(17-19-10-6-5-7-11-19)24(27)25-20-12-8-3-4-9-13-20/h5-7,10-11,14-16,20,22,26H,3-4,8-9,12-13,17H2,1-2H3,(H,25,27)/t22-/m0/s1. The van der Waals surface area contributed by atoms with Gasteiger partial charge in [0, 0.05) is 6.04 Å². The topological polar surface area (TPSA) is 84.5 Å². The van der Waals surface area contributed by atoms with Crippen LogP contribution in [-0.4, -0.2) is 33.5 Å². The summed E-state index contributed by atoms with van der Waals surface area (Å²) in [5.41, 5.74) is 1.62. The maximum Gasteiger partial charge on any atom is 0.241 e. The molecule has 2 aromatic carbocycles. The monoisotopic (exact) mass is 444 g/mol. The molecule has 1 atom stereocenters. The van der Waals surface area contributed by atoms with E-state index >= 15 is 0 Å². The van der Waals surface area contributed by atoms with E-state index in [0.717, 1.165) is 31.2 Å². The zero-order chi connectivity index (χ0) is 22.3. The van der Waals surface area contributed by atoms with Crippen LogP contribution in [0.1, 0.15) is 49.7 Å². The number of sulfonamides is 1. The van der Waals surface area contributed by atoms with Gasteiger partial charge in [0.2, 0.25) is 15.9 Å². The van der Waals surface area contributed by atoms with E-state index in [9.17, 15) is 13.2 Å². The van der Waals surface area contributed by atoms with Crippen LogP contribution in [0.2, 0.25) is 0 Å². The summed E-state index contributed by atoms with van der Waals surface area (Å²) in [7, 11) is -2.34. The fourth-order valence-corrected chi connectivity index (χ4v) is 5.32. The van der Waals surface area contributed by atoms with Gasteiger partial charge in [0.05, 0.1) is 12.0 Å². The molecule has 0 unspecified atom stereocenters.